The number of anilines is 1. The molecule has 0 spiro atoms. The number of aryl methyl sites for hydroxylation is 1. The Hall–Kier alpha value is -1.77. The van der Waals surface area contributed by atoms with Gasteiger partial charge in [-0.05, 0) is 36.5 Å². The van der Waals surface area contributed by atoms with Crippen molar-refractivity contribution in [2.24, 2.45) is 5.41 Å². The maximum atomic E-state index is 11.7. The van der Waals surface area contributed by atoms with Crippen LogP contribution < -0.4 is 5.32 Å². The molecular formula is C15H19NO2. The zero-order valence-electron chi connectivity index (χ0n) is 11.1. The molecule has 0 radical (unpaired) electrons. The normalized spacial score (nSPS) is 18.4. The second kappa shape index (κ2) is 4.48. The van der Waals surface area contributed by atoms with Crippen LogP contribution >= 0.6 is 0 Å². The van der Waals surface area contributed by atoms with Gasteiger partial charge in [-0.15, -0.1) is 0 Å². The molecule has 3 heteroatoms. The van der Waals surface area contributed by atoms with Gasteiger partial charge < -0.3 is 10.4 Å². The monoisotopic (exact) mass is 245 g/mol. The van der Waals surface area contributed by atoms with Gasteiger partial charge in [-0.3, -0.25) is 4.79 Å². The van der Waals surface area contributed by atoms with Crippen LogP contribution in [0.1, 0.15) is 32.3 Å². The van der Waals surface area contributed by atoms with Crippen molar-refractivity contribution in [1.82, 2.24) is 0 Å². The lowest BCUT2D eigenvalue weighted by atomic mass is 9.79. The molecule has 1 aromatic rings. The molecule has 1 aliphatic rings. The quantitative estimate of drug-likeness (QED) is 0.785. The molecule has 3 nitrogen and oxygen atoms in total. The number of carbonyl (C=O) groups excluding carboxylic acids is 1. The van der Waals surface area contributed by atoms with Gasteiger partial charge in [-0.1, -0.05) is 19.9 Å². The van der Waals surface area contributed by atoms with E-state index in [1.807, 2.05) is 19.1 Å². The van der Waals surface area contributed by atoms with E-state index >= 15 is 0 Å². The van der Waals surface area contributed by atoms with Gasteiger partial charge in [0.05, 0.1) is 5.69 Å². The number of hydrogen-bond acceptors (Lipinski definition) is 3. The number of phenols is 1. The summed E-state index contributed by atoms with van der Waals surface area (Å²) < 4.78 is 0. The highest BCUT2D eigenvalue weighted by Crippen LogP contribution is 2.35. The molecule has 1 aromatic carbocycles. The zero-order valence-corrected chi connectivity index (χ0v) is 11.1. The molecule has 0 aromatic heterocycles. The number of phenolic OH excluding ortho intramolecular Hbond substituents is 1. The predicted molar refractivity (Wildman–Crippen MR) is 72.6 cm³/mol. The second-order valence-corrected chi connectivity index (χ2v) is 5.80. The topological polar surface area (TPSA) is 49.3 Å². The van der Waals surface area contributed by atoms with Crippen LogP contribution in [0.2, 0.25) is 0 Å². The highest BCUT2D eigenvalue weighted by molar-refractivity contribution is 5.92. The number of carbonyl (C=O) groups is 1. The summed E-state index contributed by atoms with van der Waals surface area (Å²) in [6.45, 7) is 6.13. The number of benzene rings is 1. The number of hydrogen-bond donors (Lipinski definition) is 2. The van der Waals surface area contributed by atoms with Crippen molar-refractivity contribution >= 4 is 11.5 Å². The van der Waals surface area contributed by atoms with Crippen LogP contribution in [0.5, 0.6) is 5.75 Å². The first-order chi connectivity index (χ1) is 8.35. The average molecular weight is 245 g/mol. The fourth-order valence-electron chi connectivity index (χ4n) is 2.35. The number of rotatable bonds is 2. The van der Waals surface area contributed by atoms with E-state index in [9.17, 15) is 9.90 Å². The lowest BCUT2D eigenvalue weighted by Crippen LogP contribution is -2.24. The summed E-state index contributed by atoms with van der Waals surface area (Å²) >= 11 is 0. The van der Waals surface area contributed by atoms with Crippen LogP contribution in [0, 0.1) is 12.3 Å². The smallest absolute Gasteiger partial charge is 0.157 e. The molecular weight excluding hydrogens is 226 g/mol. The molecule has 2 N–H and O–H groups in total. The van der Waals surface area contributed by atoms with Gasteiger partial charge in [0.2, 0.25) is 0 Å². The predicted octanol–water partition coefficient (Wildman–Crippen LogP) is 3.39. The Kier molecular flexibility index (Phi) is 3.16. The van der Waals surface area contributed by atoms with Crippen molar-refractivity contribution in [3.63, 3.8) is 0 Å². The fourth-order valence-corrected chi connectivity index (χ4v) is 2.35. The van der Waals surface area contributed by atoms with Gasteiger partial charge in [-0.2, -0.15) is 0 Å². The summed E-state index contributed by atoms with van der Waals surface area (Å²) in [6, 6.07) is 5.39. The van der Waals surface area contributed by atoms with E-state index in [2.05, 4.69) is 19.2 Å². The largest absolute Gasteiger partial charge is 0.506 e. The first-order valence-corrected chi connectivity index (χ1v) is 6.16. The molecule has 0 atom stereocenters. The summed E-state index contributed by atoms with van der Waals surface area (Å²) in [5.41, 5.74) is 2.58. The number of nitrogens with one attached hydrogen (secondary N) is 1. The molecule has 0 saturated heterocycles. The van der Waals surface area contributed by atoms with Crippen LogP contribution in [0.15, 0.2) is 30.0 Å². The summed E-state index contributed by atoms with van der Waals surface area (Å²) in [5.74, 6) is 0.346. The number of allylic oxidation sites excluding steroid dienone is 2. The van der Waals surface area contributed by atoms with Gasteiger partial charge in [-0.25, -0.2) is 0 Å². The lowest BCUT2D eigenvalue weighted by Gasteiger charge is -2.29. The van der Waals surface area contributed by atoms with E-state index in [4.69, 9.17) is 0 Å². The van der Waals surface area contributed by atoms with Gasteiger partial charge in [0, 0.05) is 18.2 Å². The van der Waals surface area contributed by atoms with Crippen molar-refractivity contribution < 1.29 is 9.90 Å². The summed E-state index contributed by atoms with van der Waals surface area (Å²) in [7, 11) is 0. The van der Waals surface area contributed by atoms with Crippen LogP contribution in [-0.4, -0.2) is 10.9 Å². The van der Waals surface area contributed by atoms with Gasteiger partial charge in [0.15, 0.2) is 5.78 Å². The molecule has 0 amide bonds. The highest BCUT2D eigenvalue weighted by atomic mass is 16.3. The van der Waals surface area contributed by atoms with Crippen LogP contribution in [-0.2, 0) is 4.79 Å². The third-order valence-electron chi connectivity index (χ3n) is 3.10. The minimum atomic E-state index is -0.0202. The fraction of sp³-hybridized carbons (Fsp3) is 0.400. The molecule has 96 valence electrons. The van der Waals surface area contributed by atoms with Gasteiger partial charge in [0.1, 0.15) is 5.75 Å². The molecule has 0 heterocycles. The lowest BCUT2D eigenvalue weighted by molar-refractivity contribution is -0.117. The molecule has 0 bridgehead atoms. The molecule has 1 aliphatic carbocycles. The Bertz CT molecular complexity index is 515. The molecule has 0 aliphatic heterocycles. The van der Waals surface area contributed by atoms with Crippen molar-refractivity contribution in [1.29, 1.82) is 0 Å². The van der Waals surface area contributed by atoms with E-state index in [1.165, 1.54) is 0 Å². The van der Waals surface area contributed by atoms with Crippen molar-refractivity contribution in [3.05, 3.63) is 35.5 Å². The Balaban J connectivity index is 2.24. The van der Waals surface area contributed by atoms with E-state index in [0.717, 1.165) is 17.7 Å². The maximum absolute atomic E-state index is 11.7. The third kappa shape index (κ3) is 2.92. The van der Waals surface area contributed by atoms with E-state index < -0.39 is 0 Å². The molecule has 0 saturated carbocycles. The van der Waals surface area contributed by atoms with Crippen LogP contribution in [0.3, 0.4) is 0 Å². The Morgan fingerprint density at radius 2 is 2.00 bits per heavy atom. The van der Waals surface area contributed by atoms with E-state index in [-0.39, 0.29) is 16.9 Å². The summed E-state index contributed by atoms with van der Waals surface area (Å²) in [4.78, 5) is 11.7. The van der Waals surface area contributed by atoms with Crippen LogP contribution in [0.4, 0.5) is 5.69 Å². The molecule has 0 fully saturated rings. The molecule has 18 heavy (non-hydrogen) atoms. The SMILES string of the molecule is Cc1ccc(O)c(NC2=CC(=O)CC(C)(C)C2)c1. The Labute approximate surface area is 108 Å². The Morgan fingerprint density at radius 1 is 1.28 bits per heavy atom. The number of aromatic hydroxyl groups is 1. The van der Waals surface area contributed by atoms with E-state index in [0.29, 0.717) is 12.1 Å². The summed E-state index contributed by atoms with van der Waals surface area (Å²) in [5, 5.41) is 13.0. The standard InChI is InChI=1S/C15H19NO2/c1-10-4-5-14(18)13(6-10)16-11-7-12(17)9-15(2,3)8-11/h4-7,16,18H,8-9H2,1-3H3. The Morgan fingerprint density at radius 3 is 2.67 bits per heavy atom. The summed E-state index contributed by atoms with van der Waals surface area (Å²) in [6.07, 6.45) is 3.04. The molecule has 0 unspecified atom stereocenters. The van der Waals surface area contributed by atoms with E-state index in [1.54, 1.807) is 12.1 Å². The van der Waals surface area contributed by atoms with Crippen molar-refractivity contribution in [2.45, 2.75) is 33.6 Å². The van der Waals surface area contributed by atoms with Crippen LogP contribution in [0.25, 0.3) is 0 Å². The minimum Gasteiger partial charge on any atom is -0.506 e. The molecule has 2 rings (SSSR count). The minimum absolute atomic E-state index is 0.0202. The van der Waals surface area contributed by atoms with Gasteiger partial charge in [0.25, 0.3) is 0 Å². The third-order valence-corrected chi connectivity index (χ3v) is 3.10. The average Bonchev–Trinajstić information content (AvgIpc) is 2.20. The second-order valence-electron chi connectivity index (χ2n) is 5.80. The zero-order chi connectivity index (χ0) is 13.3. The first kappa shape index (κ1) is 12.7. The van der Waals surface area contributed by atoms with Gasteiger partial charge >= 0.3 is 0 Å². The first-order valence-electron chi connectivity index (χ1n) is 6.16. The highest BCUT2D eigenvalue weighted by Gasteiger charge is 2.27. The van der Waals surface area contributed by atoms with Crippen molar-refractivity contribution in [2.75, 3.05) is 5.32 Å². The van der Waals surface area contributed by atoms with Crippen molar-refractivity contribution in [3.8, 4) is 5.75 Å². The maximum Gasteiger partial charge on any atom is 0.157 e. The number of ketones is 1.